The van der Waals surface area contributed by atoms with Crippen molar-refractivity contribution in [3.05, 3.63) is 23.0 Å². The zero-order valence-corrected chi connectivity index (χ0v) is 6.81. The summed E-state index contributed by atoms with van der Waals surface area (Å²) in [4.78, 5) is 3.93. The molecule has 1 aromatic heterocycles. The van der Waals surface area contributed by atoms with Crippen LogP contribution in [0.25, 0.3) is 0 Å². The molecule has 0 amide bonds. The van der Waals surface area contributed by atoms with Gasteiger partial charge in [-0.2, -0.15) is 0 Å². The van der Waals surface area contributed by atoms with Crippen LogP contribution in [0.4, 0.5) is 5.69 Å². The minimum absolute atomic E-state index is 0.414. The van der Waals surface area contributed by atoms with E-state index in [2.05, 4.69) is 16.8 Å². The number of nitrogens with zero attached hydrogens (tertiary/aromatic N) is 1. The lowest BCUT2D eigenvalue weighted by Crippen LogP contribution is -1.92. The van der Waals surface area contributed by atoms with E-state index < -0.39 is 0 Å². The Morgan fingerprint density at radius 1 is 1.55 bits per heavy atom. The molecule has 0 saturated heterocycles. The van der Waals surface area contributed by atoms with Gasteiger partial charge in [-0.1, -0.05) is 17.5 Å². The predicted octanol–water partition coefficient (Wildman–Crippen LogP) is 1.69. The van der Waals surface area contributed by atoms with E-state index in [1.54, 1.807) is 19.1 Å². The molecule has 2 nitrogen and oxygen atoms in total. The van der Waals surface area contributed by atoms with Crippen LogP contribution in [0.1, 0.15) is 12.6 Å². The second-order valence-corrected chi connectivity index (χ2v) is 2.33. The van der Waals surface area contributed by atoms with Gasteiger partial charge in [0.15, 0.2) is 0 Å². The van der Waals surface area contributed by atoms with Crippen molar-refractivity contribution in [2.45, 2.75) is 6.92 Å². The SMILES string of the molecule is CC#Cc1nc(Cl)ccc1N. The van der Waals surface area contributed by atoms with E-state index in [1.807, 2.05) is 0 Å². The molecule has 0 saturated carbocycles. The minimum atomic E-state index is 0.414. The Kier molecular flexibility index (Phi) is 2.35. The summed E-state index contributed by atoms with van der Waals surface area (Å²) in [6.07, 6.45) is 0. The number of anilines is 1. The average molecular weight is 167 g/mol. The molecule has 0 radical (unpaired) electrons. The summed E-state index contributed by atoms with van der Waals surface area (Å²) >= 11 is 5.62. The average Bonchev–Trinajstić information content (AvgIpc) is 1.98. The normalized spacial score (nSPS) is 8.55. The molecule has 11 heavy (non-hydrogen) atoms. The zero-order chi connectivity index (χ0) is 8.27. The molecule has 56 valence electrons. The summed E-state index contributed by atoms with van der Waals surface area (Å²) in [6.45, 7) is 1.72. The van der Waals surface area contributed by atoms with Gasteiger partial charge in [-0.25, -0.2) is 4.98 Å². The van der Waals surface area contributed by atoms with E-state index in [-0.39, 0.29) is 0 Å². The van der Waals surface area contributed by atoms with E-state index in [0.717, 1.165) is 0 Å². The summed E-state index contributed by atoms with van der Waals surface area (Å²) in [6, 6.07) is 3.33. The summed E-state index contributed by atoms with van der Waals surface area (Å²) in [5.74, 6) is 5.45. The Morgan fingerprint density at radius 3 is 2.91 bits per heavy atom. The molecule has 0 bridgehead atoms. The predicted molar refractivity (Wildman–Crippen MR) is 46.2 cm³/mol. The smallest absolute Gasteiger partial charge is 0.137 e. The highest BCUT2D eigenvalue weighted by atomic mass is 35.5. The number of nitrogen functional groups attached to an aromatic ring is 1. The topological polar surface area (TPSA) is 38.9 Å². The fourth-order valence-electron chi connectivity index (χ4n) is 0.665. The van der Waals surface area contributed by atoms with Crippen molar-refractivity contribution in [2.75, 3.05) is 5.73 Å². The Hall–Kier alpha value is -1.20. The molecule has 0 aliphatic heterocycles. The van der Waals surface area contributed by atoms with Crippen LogP contribution in [-0.2, 0) is 0 Å². The Balaban J connectivity index is 3.19. The molecular weight excluding hydrogens is 160 g/mol. The summed E-state index contributed by atoms with van der Waals surface area (Å²) in [5, 5.41) is 0.414. The number of aromatic nitrogens is 1. The Bertz CT molecular complexity index is 323. The molecule has 0 fully saturated rings. The van der Waals surface area contributed by atoms with Gasteiger partial charge in [0.05, 0.1) is 5.69 Å². The molecule has 0 aliphatic rings. The molecule has 1 aromatic rings. The zero-order valence-electron chi connectivity index (χ0n) is 6.06. The van der Waals surface area contributed by atoms with Gasteiger partial charge in [-0.15, -0.1) is 0 Å². The van der Waals surface area contributed by atoms with Crippen LogP contribution in [0.15, 0.2) is 12.1 Å². The quantitative estimate of drug-likeness (QED) is 0.471. The molecule has 0 spiro atoms. The monoisotopic (exact) mass is 166 g/mol. The third kappa shape index (κ3) is 1.86. The largest absolute Gasteiger partial charge is 0.396 e. The van der Waals surface area contributed by atoms with Crippen LogP contribution in [0, 0.1) is 11.8 Å². The molecule has 0 aliphatic carbocycles. The van der Waals surface area contributed by atoms with E-state index in [1.165, 1.54) is 0 Å². The number of hydrogen-bond acceptors (Lipinski definition) is 2. The highest BCUT2D eigenvalue weighted by Gasteiger charge is 1.96. The lowest BCUT2D eigenvalue weighted by molar-refractivity contribution is 1.29. The first-order valence-electron chi connectivity index (χ1n) is 3.09. The van der Waals surface area contributed by atoms with Gasteiger partial charge >= 0.3 is 0 Å². The molecule has 0 atom stereocenters. The maximum atomic E-state index is 5.62. The molecule has 1 heterocycles. The van der Waals surface area contributed by atoms with Gasteiger partial charge in [0.1, 0.15) is 10.8 Å². The van der Waals surface area contributed by atoms with Crippen LogP contribution >= 0.6 is 11.6 Å². The van der Waals surface area contributed by atoms with Gasteiger partial charge in [0.2, 0.25) is 0 Å². The fraction of sp³-hybridized carbons (Fsp3) is 0.125. The maximum Gasteiger partial charge on any atom is 0.137 e. The number of nitrogens with two attached hydrogens (primary N) is 1. The van der Waals surface area contributed by atoms with Crippen LogP contribution in [0.3, 0.4) is 0 Å². The maximum absolute atomic E-state index is 5.62. The van der Waals surface area contributed by atoms with Crippen molar-refractivity contribution in [1.29, 1.82) is 0 Å². The highest BCUT2D eigenvalue weighted by molar-refractivity contribution is 6.29. The van der Waals surface area contributed by atoms with Gasteiger partial charge in [0.25, 0.3) is 0 Å². The number of halogens is 1. The minimum Gasteiger partial charge on any atom is -0.396 e. The van der Waals surface area contributed by atoms with Gasteiger partial charge in [-0.3, -0.25) is 0 Å². The third-order valence-electron chi connectivity index (χ3n) is 1.14. The molecule has 0 aromatic carbocycles. The molecular formula is C8H7ClN2. The fourth-order valence-corrected chi connectivity index (χ4v) is 0.812. The lowest BCUT2D eigenvalue weighted by atomic mass is 10.3. The second kappa shape index (κ2) is 3.27. The number of rotatable bonds is 0. The molecule has 2 N–H and O–H groups in total. The van der Waals surface area contributed by atoms with Crippen LogP contribution in [-0.4, -0.2) is 4.98 Å². The van der Waals surface area contributed by atoms with Crippen molar-refractivity contribution in [2.24, 2.45) is 0 Å². The van der Waals surface area contributed by atoms with Crippen LogP contribution in [0.2, 0.25) is 5.15 Å². The van der Waals surface area contributed by atoms with Crippen molar-refractivity contribution in [1.82, 2.24) is 4.98 Å². The van der Waals surface area contributed by atoms with E-state index in [9.17, 15) is 0 Å². The molecule has 3 heteroatoms. The van der Waals surface area contributed by atoms with Gasteiger partial charge in [-0.05, 0) is 25.0 Å². The van der Waals surface area contributed by atoms with Crippen molar-refractivity contribution in [3.8, 4) is 11.8 Å². The highest BCUT2D eigenvalue weighted by Crippen LogP contribution is 2.11. The Labute approximate surface area is 70.4 Å². The Morgan fingerprint density at radius 2 is 2.27 bits per heavy atom. The summed E-state index contributed by atoms with van der Waals surface area (Å²) in [5.41, 5.74) is 6.65. The third-order valence-corrected chi connectivity index (χ3v) is 1.35. The number of hydrogen-bond donors (Lipinski definition) is 1. The first kappa shape index (κ1) is 7.90. The van der Waals surface area contributed by atoms with Gasteiger partial charge in [0, 0.05) is 0 Å². The van der Waals surface area contributed by atoms with Crippen molar-refractivity contribution >= 4 is 17.3 Å². The van der Waals surface area contributed by atoms with Crippen LogP contribution in [0.5, 0.6) is 0 Å². The summed E-state index contributed by atoms with van der Waals surface area (Å²) in [7, 11) is 0. The van der Waals surface area contributed by atoms with Crippen LogP contribution < -0.4 is 5.73 Å². The summed E-state index contributed by atoms with van der Waals surface area (Å²) < 4.78 is 0. The second-order valence-electron chi connectivity index (χ2n) is 1.95. The lowest BCUT2D eigenvalue weighted by Gasteiger charge is -1.95. The van der Waals surface area contributed by atoms with Gasteiger partial charge < -0.3 is 5.73 Å². The molecule has 0 unspecified atom stereocenters. The first-order valence-corrected chi connectivity index (χ1v) is 3.46. The molecule has 1 rings (SSSR count). The first-order chi connectivity index (χ1) is 5.24. The standard InChI is InChI=1S/C8H7ClN2/c1-2-3-7-6(10)4-5-8(9)11-7/h4-5H,10H2,1H3. The van der Waals surface area contributed by atoms with Crippen molar-refractivity contribution < 1.29 is 0 Å². The van der Waals surface area contributed by atoms with E-state index in [0.29, 0.717) is 16.5 Å². The number of pyridine rings is 1. The van der Waals surface area contributed by atoms with E-state index >= 15 is 0 Å². The van der Waals surface area contributed by atoms with Crippen molar-refractivity contribution in [3.63, 3.8) is 0 Å². The van der Waals surface area contributed by atoms with E-state index in [4.69, 9.17) is 17.3 Å².